The Kier molecular flexibility index (Phi) is 6.25. The van der Waals surface area contributed by atoms with E-state index in [0.29, 0.717) is 0 Å². The van der Waals surface area contributed by atoms with E-state index in [1.54, 1.807) is 0 Å². The molecule has 1 N–H and O–H groups in total. The van der Waals surface area contributed by atoms with Crippen molar-refractivity contribution in [3.63, 3.8) is 0 Å². The van der Waals surface area contributed by atoms with Crippen LogP contribution >= 0.6 is 7.36 Å². The minimum absolute atomic E-state index is 0.0465. The van der Waals surface area contributed by atoms with Crippen LogP contribution in [-0.4, -0.2) is 34.9 Å². The fourth-order valence-corrected chi connectivity index (χ4v) is 2.10. The Balaban J connectivity index is 2.51. The number of nitrogens with zero attached hydrogens (tertiary/aromatic N) is 1. The Morgan fingerprint density at radius 1 is 1.33 bits per heavy atom. The number of benzene rings is 1. The van der Waals surface area contributed by atoms with Gasteiger partial charge in [-0.3, -0.25) is 9.69 Å². The van der Waals surface area contributed by atoms with Crippen LogP contribution in [-0.2, 0) is 27.9 Å². The molecule has 0 radical (unpaired) electrons. The molecule has 1 aromatic rings. The number of aliphatic carboxylic acids is 1. The third kappa shape index (κ3) is 5.21. The molecule has 0 saturated heterocycles. The zero-order valence-corrected chi connectivity index (χ0v) is 11.4. The summed E-state index contributed by atoms with van der Waals surface area (Å²) in [5.74, 6) is -1.08. The van der Waals surface area contributed by atoms with E-state index in [9.17, 15) is 9.59 Å². The van der Waals surface area contributed by atoms with Gasteiger partial charge in [-0.05, 0) is 5.56 Å². The zero-order chi connectivity index (χ0) is 13.4. The summed E-state index contributed by atoms with van der Waals surface area (Å²) in [6.07, 6.45) is -0.437. The largest absolute Gasteiger partial charge is 0.480 e. The van der Waals surface area contributed by atoms with Crippen molar-refractivity contribution in [1.29, 1.82) is 0 Å². The van der Waals surface area contributed by atoms with Crippen LogP contribution in [0.3, 0.4) is 0 Å². The topological polar surface area (TPSA) is 66.8 Å². The van der Waals surface area contributed by atoms with Crippen LogP contribution in [0, 0.1) is 0 Å². The zero-order valence-electron chi connectivity index (χ0n) is 9.54. The number of ether oxygens (including phenoxy) is 1. The molecule has 0 aliphatic rings. The van der Waals surface area contributed by atoms with Crippen molar-refractivity contribution in [2.45, 2.75) is 6.61 Å². The Morgan fingerprint density at radius 3 is 2.56 bits per heavy atom. The van der Waals surface area contributed by atoms with Crippen molar-refractivity contribution in [3.8, 4) is 0 Å². The molecule has 0 aliphatic heterocycles. The van der Waals surface area contributed by atoms with Gasteiger partial charge in [0.1, 0.15) is 13.2 Å². The molecule has 96 valence electrons. The molecule has 1 unspecified atom stereocenters. The monoisotopic (exact) mass is 286 g/mol. The molecule has 0 aliphatic carbocycles. The highest BCUT2D eigenvalue weighted by Crippen LogP contribution is 2.06. The van der Waals surface area contributed by atoms with E-state index >= 15 is 0 Å². The average molecular weight is 286 g/mol. The summed E-state index contributed by atoms with van der Waals surface area (Å²) in [6.45, 7) is -0.270. The molecular weight excluding hydrogens is 273 g/mol. The van der Waals surface area contributed by atoms with E-state index in [2.05, 4.69) is 0 Å². The van der Waals surface area contributed by atoms with Gasteiger partial charge in [-0.15, -0.1) is 0 Å². The molecule has 18 heavy (non-hydrogen) atoms. The molecule has 0 saturated carbocycles. The Bertz CT molecular complexity index is 426. The SMILES string of the molecule is O=C(O)CN(C[PH+]=S)C(=O)OCc1ccccc1. The quantitative estimate of drug-likeness (QED) is 0.808. The molecule has 0 aromatic heterocycles. The number of carboxylic acid groups (broad SMARTS) is 1. The van der Waals surface area contributed by atoms with Gasteiger partial charge in [0.25, 0.3) is 0 Å². The molecule has 1 aromatic carbocycles. The van der Waals surface area contributed by atoms with Gasteiger partial charge in [-0.1, -0.05) is 30.3 Å². The summed E-state index contributed by atoms with van der Waals surface area (Å²) >= 11 is 4.76. The fourth-order valence-electron chi connectivity index (χ4n) is 1.24. The highest BCUT2D eigenvalue weighted by molar-refractivity contribution is 7.96. The van der Waals surface area contributed by atoms with E-state index in [1.165, 1.54) is 0 Å². The highest BCUT2D eigenvalue weighted by Gasteiger charge is 2.19. The van der Waals surface area contributed by atoms with Crippen molar-refractivity contribution in [2.24, 2.45) is 0 Å². The van der Waals surface area contributed by atoms with Crippen LogP contribution in [0.1, 0.15) is 5.56 Å². The molecule has 1 amide bonds. The third-order valence-corrected chi connectivity index (χ3v) is 2.94. The molecule has 0 fully saturated rings. The van der Waals surface area contributed by atoms with Crippen LogP contribution in [0.15, 0.2) is 30.3 Å². The van der Waals surface area contributed by atoms with Gasteiger partial charge in [-0.25, -0.2) is 4.79 Å². The maximum Gasteiger partial charge on any atom is 0.413 e. The minimum Gasteiger partial charge on any atom is -0.480 e. The molecule has 0 heterocycles. The number of rotatable bonds is 6. The lowest BCUT2D eigenvalue weighted by Crippen LogP contribution is -2.35. The third-order valence-electron chi connectivity index (χ3n) is 2.04. The summed E-state index contributed by atoms with van der Waals surface area (Å²) in [5, 5.41) is 8.66. The van der Waals surface area contributed by atoms with Gasteiger partial charge in [0.05, 0.1) is 0 Å². The van der Waals surface area contributed by atoms with Crippen molar-refractivity contribution < 1.29 is 19.4 Å². The first-order chi connectivity index (χ1) is 8.63. The number of amides is 1. The Hall–Kier alpha value is -1.52. The molecule has 1 atom stereocenters. The summed E-state index contributed by atoms with van der Waals surface area (Å²) in [4.78, 5) is 23.3. The second-order valence-electron chi connectivity index (χ2n) is 3.43. The molecule has 1 rings (SSSR count). The number of carbonyl (C=O) groups is 2. The summed E-state index contributed by atoms with van der Waals surface area (Å²) < 4.78 is 5.03. The van der Waals surface area contributed by atoms with E-state index < -0.39 is 18.6 Å². The fraction of sp³-hybridized carbons (Fsp3) is 0.273. The van der Waals surface area contributed by atoms with E-state index in [4.69, 9.17) is 21.7 Å². The van der Waals surface area contributed by atoms with Crippen molar-refractivity contribution >= 4 is 31.2 Å². The molecular formula is C11H13NO4PS+. The number of carbonyl (C=O) groups excluding carboxylic acids is 1. The normalized spacial score (nSPS) is 10.0. The van der Waals surface area contributed by atoms with Crippen LogP contribution in [0.4, 0.5) is 4.79 Å². The van der Waals surface area contributed by atoms with Gasteiger partial charge in [0.2, 0.25) is 0 Å². The van der Waals surface area contributed by atoms with Crippen molar-refractivity contribution in [1.82, 2.24) is 4.90 Å². The number of carboxylic acids is 1. The average Bonchev–Trinajstić information content (AvgIpc) is 2.36. The lowest BCUT2D eigenvalue weighted by atomic mass is 10.2. The number of hydrogen-bond donors (Lipinski definition) is 1. The van der Waals surface area contributed by atoms with Gasteiger partial charge >= 0.3 is 12.1 Å². The van der Waals surface area contributed by atoms with Gasteiger partial charge in [0.15, 0.2) is 25.4 Å². The summed E-state index contributed by atoms with van der Waals surface area (Å²) in [7, 11) is 0.0465. The second kappa shape index (κ2) is 7.74. The predicted molar refractivity (Wildman–Crippen MR) is 71.5 cm³/mol. The van der Waals surface area contributed by atoms with Crippen LogP contribution < -0.4 is 0 Å². The molecule has 0 spiro atoms. The standard InChI is InChI=1S/C11H12NO4PS/c13-10(14)6-12(8-17-18)11(15)16-7-9-4-2-1-3-5-9/h1-5H,6-8H2,(H,13,14)/p+1. The number of hydrogen-bond acceptors (Lipinski definition) is 4. The van der Waals surface area contributed by atoms with Gasteiger partial charge < -0.3 is 9.84 Å². The Labute approximate surface area is 111 Å². The lowest BCUT2D eigenvalue weighted by Gasteiger charge is -2.15. The van der Waals surface area contributed by atoms with Crippen molar-refractivity contribution in [2.75, 3.05) is 12.8 Å². The maximum absolute atomic E-state index is 11.6. The predicted octanol–water partition coefficient (Wildman–Crippen LogP) is 1.81. The minimum atomic E-state index is -1.08. The van der Waals surface area contributed by atoms with Crippen LogP contribution in [0.5, 0.6) is 0 Å². The van der Waals surface area contributed by atoms with Crippen LogP contribution in [0.25, 0.3) is 0 Å². The molecule has 0 bridgehead atoms. The van der Waals surface area contributed by atoms with Crippen LogP contribution in [0.2, 0.25) is 0 Å². The van der Waals surface area contributed by atoms with E-state index in [-0.39, 0.29) is 20.2 Å². The van der Waals surface area contributed by atoms with E-state index in [1.807, 2.05) is 30.3 Å². The van der Waals surface area contributed by atoms with E-state index in [0.717, 1.165) is 10.5 Å². The first-order valence-electron chi connectivity index (χ1n) is 5.16. The van der Waals surface area contributed by atoms with Gasteiger partial charge in [-0.2, -0.15) is 0 Å². The molecule has 5 nitrogen and oxygen atoms in total. The Morgan fingerprint density at radius 2 is 2.00 bits per heavy atom. The maximum atomic E-state index is 11.6. The van der Waals surface area contributed by atoms with Gasteiger partial charge in [0, 0.05) is 0 Å². The second-order valence-corrected chi connectivity index (χ2v) is 4.91. The van der Waals surface area contributed by atoms with Crippen molar-refractivity contribution in [3.05, 3.63) is 35.9 Å². The first-order valence-corrected chi connectivity index (χ1v) is 7.50. The smallest absolute Gasteiger partial charge is 0.413 e. The lowest BCUT2D eigenvalue weighted by molar-refractivity contribution is -0.137. The highest BCUT2D eigenvalue weighted by atomic mass is 32.4. The summed E-state index contributed by atoms with van der Waals surface area (Å²) in [6, 6.07) is 9.18. The molecule has 7 heteroatoms. The summed E-state index contributed by atoms with van der Waals surface area (Å²) in [5.41, 5.74) is 0.849. The first kappa shape index (κ1) is 14.5.